The van der Waals surface area contributed by atoms with Crippen LogP contribution in [0.4, 0.5) is 8.78 Å². The quantitative estimate of drug-likeness (QED) is 0.893. The highest BCUT2D eigenvalue weighted by atomic mass is 19.3. The standard InChI is InChI=1S/C14H20F2N2/c1-10-3-4-12(9-18-10)13(17-2)11-5-7-14(15,16)8-6-11/h3-4,9,11,13,17H,5-8H2,1-2H3. The van der Waals surface area contributed by atoms with Crippen molar-refractivity contribution in [2.75, 3.05) is 7.05 Å². The Labute approximate surface area is 107 Å². The van der Waals surface area contributed by atoms with E-state index in [0.29, 0.717) is 12.8 Å². The van der Waals surface area contributed by atoms with Crippen molar-refractivity contribution in [3.8, 4) is 0 Å². The van der Waals surface area contributed by atoms with Gasteiger partial charge in [0, 0.05) is 30.8 Å². The Kier molecular flexibility index (Phi) is 3.95. The van der Waals surface area contributed by atoms with Gasteiger partial charge in [0.1, 0.15) is 0 Å². The van der Waals surface area contributed by atoms with Gasteiger partial charge in [0.15, 0.2) is 0 Å². The molecule has 0 spiro atoms. The summed E-state index contributed by atoms with van der Waals surface area (Å²) in [6.07, 6.45) is 3.02. The summed E-state index contributed by atoms with van der Waals surface area (Å²) in [5.41, 5.74) is 2.07. The van der Waals surface area contributed by atoms with E-state index in [1.807, 2.05) is 32.3 Å². The number of hydrogen-bond acceptors (Lipinski definition) is 2. The summed E-state index contributed by atoms with van der Waals surface area (Å²) in [5, 5.41) is 3.25. The molecule has 1 aliphatic carbocycles. The third kappa shape index (κ3) is 3.05. The SMILES string of the molecule is CNC(c1ccc(C)nc1)C1CCC(F)(F)CC1. The Morgan fingerprint density at radius 1 is 1.33 bits per heavy atom. The van der Waals surface area contributed by atoms with Gasteiger partial charge in [0.05, 0.1) is 0 Å². The van der Waals surface area contributed by atoms with Crippen LogP contribution in [0.25, 0.3) is 0 Å². The van der Waals surface area contributed by atoms with E-state index in [2.05, 4.69) is 10.3 Å². The van der Waals surface area contributed by atoms with Gasteiger partial charge >= 0.3 is 0 Å². The summed E-state index contributed by atoms with van der Waals surface area (Å²) >= 11 is 0. The monoisotopic (exact) mass is 254 g/mol. The molecule has 1 aromatic rings. The Morgan fingerprint density at radius 2 is 2.00 bits per heavy atom. The fourth-order valence-electron chi connectivity index (χ4n) is 2.73. The maximum absolute atomic E-state index is 13.2. The maximum atomic E-state index is 13.2. The van der Waals surface area contributed by atoms with E-state index in [9.17, 15) is 8.78 Å². The number of pyridine rings is 1. The van der Waals surface area contributed by atoms with Crippen LogP contribution in [0.2, 0.25) is 0 Å². The third-order valence-electron chi connectivity index (χ3n) is 3.84. The number of halogens is 2. The topological polar surface area (TPSA) is 24.9 Å². The Balaban J connectivity index is 2.08. The van der Waals surface area contributed by atoms with Crippen molar-refractivity contribution >= 4 is 0 Å². The number of nitrogens with zero attached hydrogens (tertiary/aromatic N) is 1. The molecule has 0 radical (unpaired) electrons. The molecule has 1 aliphatic rings. The molecule has 1 unspecified atom stereocenters. The Hall–Kier alpha value is -1.03. The molecule has 0 aliphatic heterocycles. The molecule has 2 nitrogen and oxygen atoms in total. The third-order valence-corrected chi connectivity index (χ3v) is 3.84. The summed E-state index contributed by atoms with van der Waals surface area (Å²) in [5.74, 6) is -2.18. The molecular formula is C14H20F2N2. The lowest BCUT2D eigenvalue weighted by atomic mass is 9.80. The van der Waals surface area contributed by atoms with Crippen LogP contribution >= 0.6 is 0 Å². The zero-order valence-electron chi connectivity index (χ0n) is 10.9. The molecule has 18 heavy (non-hydrogen) atoms. The summed E-state index contributed by atoms with van der Waals surface area (Å²) in [6, 6.07) is 4.14. The largest absolute Gasteiger partial charge is 0.313 e. The summed E-state index contributed by atoms with van der Waals surface area (Å²) in [4.78, 5) is 4.28. The summed E-state index contributed by atoms with van der Waals surface area (Å²) < 4.78 is 26.3. The average Bonchev–Trinajstić information content (AvgIpc) is 2.34. The first-order valence-electron chi connectivity index (χ1n) is 6.49. The number of rotatable bonds is 3. The van der Waals surface area contributed by atoms with Crippen LogP contribution in [-0.2, 0) is 0 Å². The molecule has 0 saturated heterocycles. The molecule has 0 bridgehead atoms. The molecule has 1 aromatic heterocycles. The van der Waals surface area contributed by atoms with Gasteiger partial charge in [-0.05, 0) is 44.4 Å². The van der Waals surface area contributed by atoms with Gasteiger partial charge in [0.25, 0.3) is 0 Å². The highest BCUT2D eigenvalue weighted by Gasteiger charge is 2.37. The molecule has 2 rings (SSSR count). The van der Waals surface area contributed by atoms with Crippen LogP contribution in [0, 0.1) is 12.8 Å². The lowest BCUT2D eigenvalue weighted by Crippen LogP contribution is -2.32. The molecular weight excluding hydrogens is 234 g/mol. The van der Waals surface area contributed by atoms with Crippen molar-refractivity contribution in [1.82, 2.24) is 10.3 Å². The summed E-state index contributed by atoms with van der Waals surface area (Å²) in [7, 11) is 1.89. The molecule has 1 N–H and O–H groups in total. The highest BCUT2D eigenvalue weighted by Crippen LogP contribution is 2.41. The van der Waals surface area contributed by atoms with Gasteiger partial charge in [-0.2, -0.15) is 0 Å². The van der Waals surface area contributed by atoms with Crippen molar-refractivity contribution in [3.05, 3.63) is 29.6 Å². The predicted octanol–water partition coefficient (Wildman–Crippen LogP) is 3.48. The van der Waals surface area contributed by atoms with Gasteiger partial charge in [-0.1, -0.05) is 6.07 Å². The zero-order chi connectivity index (χ0) is 13.2. The molecule has 1 atom stereocenters. The van der Waals surface area contributed by atoms with Crippen LogP contribution in [-0.4, -0.2) is 18.0 Å². The number of nitrogens with one attached hydrogen (secondary N) is 1. The van der Waals surface area contributed by atoms with Crippen molar-refractivity contribution in [2.24, 2.45) is 5.92 Å². The second-order valence-corrected chi connectivity index (χ2v) is 5.19. The lowest BCUT2D eigenvalue weighted by molar-refractivity contribution is -0.0495. The van der Waals surface area contributed by atoms with E-state index in [1.54, 1.807) is 0 Å². The van der Waals surface area contributed by atoms with E-state index in [0.717, 1.165) is 11.3 Å². The smallest absolute Gasteiger partial charge is 0.248 e. The second-order valence-electron chi connectivity index (χ2n) is 5.19. The van der Waals surface area contributed by atoms with Crippen molar-refractivity contribution < 1.29 is 8.78 Å². The van der Waals surface area contributed by atoms with Crippen LogP contribution in [0.15, 0.2) is 18.3 Å². The van der Waals surface area contributed by atoms with Gasteiger partial charge in [0.2, 0.25) is 5.92 Å². The minimum atomic E-state index is -2.46. The van der Waals surface area contributed by atoms with E-state index in [-0.39, 0.29) is 24.8 Å². The number of aromatic nitrogens is 1. The van der Waals surface area contributed by atoms with Gasteiger partial charge in [-0.25, -0.2) is 8.78 Å². The molecule has 1 fully saturated rings. The van der Waals surface area contributed by atoms with Gasteiger partial charge < -0.3 is 5.32 Å². The second kappa shape index (κ2) is 5.31. The van der Waals surface area contributed by atoms with E-state index in [4.69, 9.17) is 0 Å². The lowest BCUT2D eigenvalue weighted by Gasteiger charge is -2.33. The van der Waals surface area contributed by atoms with Crippen LogP contribution in [0.3, 0.4) is 0 Å². The first kappa shape index (κ1) is 13.4. The summed E-state index contributed by atoms with van der Waals surface area (Å²) in [6.45, 7) is 1.94. The van der Waals surface area contributed by atoms with E-state index < -0.39 is 5.92 Å². The van der Waals surface area contributed by atoms with Crippen LogP contribution in [0.1, 0.15) is 43.0 Å². The molecule has 1 heterocycles. The number of hydrogen-bond donors (Lipinski definition) is 1. The number of aryl methyl sites for hydroxylation is 1. The van der Waals surface area contributed by atoms with Crippen molar-refractivity contribution in [3.63, 3.8) is 0 Å². The normalized spacial score (nSPS) is 21.8. The fraction of sp³-hybridized carbons (Fsp3) is 0.643. The van der Waals surface area contributed by atoms with Gasteiger partial charge in [-0.15, -0.1) is 0 Å². The van der Waals surface area contributed by atoms with Crippen molar-refractivity contribution in [1.29, 1.82) is 0 Å². The van der Waals surface area contributed by atoms with Crippen LogP contribution < -0.4 is 5.32 Å². The number of alkyl halides is 2. The molecule has 0 amide bonds. The van der Waals surface area contributed by atoms with E-state index in [1.165, 1.54) is 0 Å². The molecule has 0 aromatic carbocycles. The molecule has 4 heteroatoms. The minimum Gasteiger partial charge on any atom is -0.313 e. The van der Waals surface area contributed by atoms with Crippen molar-refractivity contribution in [2.45, 2.75) is 44.6 Å². The first-order chi connectivity index (χ1) is 8.52. The van der Waals surface area contributed by atoms with Gasteiger partial charge in [-0.3, -0.25) is 4.98 Å². The first-order valence-corrected chi connectivity index (χ1v) is 6.49. The van der Waals surface area contributed by atoms with Crippen LogP contribution in [0.5, 0.6) is 0 Å². The fourth-order valence-corrected chi connectivity index (χ4v) is 2.73. The molecule has 100 valence electrons. The Bertz CT molecular complexity index is 379. The average molecular weight is 254 g/mol. The zero-order valence-corrected chi connectivity index (χ0v) is 10.9. The molecule has 1 saturated carbocycles. The predicted molar refractivity (Wildman–Crippen MR) is 67.7 cm³/mol. The Morgan fingerprint density at radius 3 is 2.50 bits per heavy atom. The highest BCUT2D eigenvalue weighted by molar-refractivity contribution is 5.18. The maximum Gasteiger partial charge on any atom is 0.248 e. The van der Waals surface area contributed by atoms with E-state index >= 15 is 0 Å². The minimum absolute atomic E-state index is 0.00906.